The molecule has 0 N–H and O–H groups in total. The summed E-state index contributed by atoms with van der Waals surface area (Å²) in [4.78, 5) is 14.2. The Bertz CT molecular complexity index is 713. The summed E-state index contributed by atoms with van der Waals surface area (Å²) in [5, 5.41) is 0. The molecule has 1 aromatic carbocycles. The summed E-state index contributed by atoms with van der Waals surface area (Å²) in [5.74, 6) is -0.531. The van der Waals surface area contributed by atoms with E-state index in [0.717, 1.165) is 19.5 Å². The highest BCUT2D eigenvalue weighted by Gasteiger charge is 2.41. The number of carbonyl (C=O) groups is 1. The standard InChI is InChI=1S/C17H24N2O4S/c1-13-16(18-9-3-4-10-18)8-11-19(13)24(21,22)15-7-5-6-14(12-15)17(20)23-2/h5-7,12-13,16H,3-4,8-11H2,1-2H3. The summed E-state index contributed by atoms with van der Waals surface area (Å²) in [6.45, 7) is 4.62. The number of rotatable bonds is 4. The van der Waals surface area contributed by atoms with E-state index in [4.69, 9.17) is 0 Å². The molecule has 3 rings (SSSR count). The van der Waals surface area contributed by atoms with Crippen LogP contribution in [-0.4, -0.2) is 62.4 Å². The Morgan fingerprint density at radius 1 is 1.21 bits per heavy atom. The highest BCUT2D eigenvalue weighted by atomic mass is 32.2. The van der Waals surface area contributed by atoms with Crippen LogP contribution in [0, 0.1) is 0 Å². The van der Waals surface area contributed by atoms with Crippen molar-refractivity contribution in [2.24, 2.45) is 0 Å². The summed E-state index contributed by atoms with van der Waals surface area (Å²) in [6.07, 6.45) is 3.24. The predicted molar refractivity (Wildman–Crippen MR) is 90.3 cm³/mol. The van der Waals surface area contributed by atoms with E-state index in [1.54, 1.807) is 16.4 Å². The molecule has 2 fully saturated rings. The fourth-order valence-electron chi connectivity index (χ4n) is 3.83. The minimum absolute atomic E-state index is 0.0603. The second kappa shape index (κ2) is 6.82. The molecular formula is C17H24N2O4S. The molecule has 6 nitrogen and oxygen atoms in total. The molecule has 2 atom stereocenters. The van der Waals surface area contributed by atoms with Gasteiger partial charge in [0.1, 0.15) is 0 Å². The number of sulfonamides is 1. The molecule has 0 aromatic heterocycles. The van der Waals surface area contributed by atoms with Crippen molar-refractivity contribution in [3.05, 3.63) is 29.8 Å². The quantitative estimate of drug-likeness (QED) is 0.772. The number of carbonyl (C=O) groups excluding carboxylic acids is 1. The van der Waals surface area contributed by atoms with Gasteiger partial charge in [0, 0.05) is 18.6 Å². The van der Waals surface area contributed by atoms with Gasteiger partial charge >= 0.3 is 5.97 Å². The highest BCUT2D eigenvalue weighted by molar-refractivity contribution is 7.89. The number of benzene rings is 1. The minimum atomic E-state index is -3.62. The van der Waals surface area contributed by atoms with Gasteiger partial charge in [0.15, 0.2) is 0 Å². The highest BCUT2D eigenvalue weighted by Crippen LogP contribution is 2.31. The normalized spacial score (nSPS) is 25.9. The van der Waals surface area contributed by atoms with Crippen LogP contribution in [0.2, 0.25) is 0 Å². The number of nitrogens with zero attached hydrogens (tertiary/aromatic N) is 2. The molecule has 2 unspecified atom stereocenters. The van der Waals surface area contributed by atoms with Crippen LogP contribution >= 0.6 is 0 Å². The third-order valence-corrected chi connectivity index (χ3v) is 7.11. The van der Waals surface area contributed by atoms with Gasteiger partial charge in [-0.2, -0.15) is 4.31 Å². The fraction of sp³-hybridized carbons (Fsp3) is 0.588. The Balaban J connectivity index is 1.84. The lowest BCUT2D eigenvalue weighted by atomic mass is 10.1. The summed E-state index contributed by atoms with van der Waals surface area (Å²) in [7, 11) is -2.33. The lowest BCUT2D eigenvalue weighted by Gasteiger charge is -2.30. The van der Waals surface area contributed by atoms with Crippen molar-refractivity contribution in [1.82, 2.24) is 9.21 Å². The smallest absolute Gasteiger partial charge is 0.337 e. The predicted octanol–water partition coefficient (Wildman–Crippen LogP) is 1.72. The average molecular weight is 352 g/mol. The van der Waals surface area contributed by atoms with Crippen LogP contribution in [0.5, 0.6) is 0 Å². The van der Waals surface area contributed by atoms with Crippen molar-refractivity contribution in [2.45, 2.75) is 43.2 Å². The van der Waals surface area contributed by atoms with Crippen LogP contribution in [0.3, 0.4) is 0 Å². The van der Waals surface area contributed by atoms with E-state index in [-0.39, 0.29) is 22.5 Å². The maximum absolute atomic E-state index is 13.0. The van der Waals surface area contributed by atoms with Gasteiger partial charge in [-0.15, -0.1) is 0 Å². The molecular weight excluding hydrogens is 328 g/mol. The fourth-order valence-corrected chi connectivity index (χ4v) is 5.55. The molecule has 2 aliphatic rings. The maximum atomic E-state index is 13.0. The van der Waals surface area contributed by atoms with Gasteiger partial charge < -0.3 is 4.74 Å². The maximum Gasteiger partial charge on any atom is 0.337 e. The monoisotopic (exact) mass is 352 g/mol. The van der Waals surface area contributed by atoms with Crippen molar-refractivity contribution in [1.29, 1.82) is 0 Å². The number of likely N-dealkylation sites (tertiary alicyclic amines) is 1. The lowest BCUT2D eigenvalue weighted by Crippen LogP contribution is -2.44. The SMILES string of the molecule is COC(=O)c1cccc(S(=O)(=O)N2CCC(N3CCCC3)C2C)c1. The van der Waals surface area contributed by atoms with Crippen molar-refractivity contribution >= 4 is 16.0 Å². The zero-order valence-corrected chi connectivity index (χ0v) is 15.0. The van der Waals surface area contributed by atoms with E-state index in [9.17, 15) is 13.2 Å². The molecule has 0 saturated carbocycles. The van der Waals surface area contributed by atoms with Crippen molar-refractivity contribution < 1.29 is 17.9 Å². The van der Waals surface area contributed by atoms with Crippen LogP contribution < -0.4 is 0 Å². The molecule has 0 bridgehead atoms. The molecule has 2 aliphatic heterocycles. The second-order valence-electron chi connectivity index (χ2n) is 6.47. The first-order valence-corrected chi connectivity index (χ1v) is 9.83. The first-order chi connectivity index (χ1) is 11.4. The molecule has 24 heavy (non-hydrogen) atoms. The van der Waals surface area contributed by atoms with Crippen molar-refractivity contribution in [2.75, 3.05) is 26.7 Å². The van der Waals surface area contributed by atoms with Gasteiger partial charge in [-0.1, -0.05) is 6.07 Å². The molecule has 7 heteroatoms. The van der Waals surface area contributed by atoms with Gasteiger partial charge in [0.05, 0.1) is 17.6 Å². The minimum Gasteiger partial charge on any atom is -0.465 e. The number of ether oxygens (including phenoxy) is 1. The zero-order chi connectivity index (χ0) is 17.3. The van der Waals surface area contributed by atoms with Gasteiger partial charge in [-0.25, -0.2) is 13.2 Å². The summed E-state index contributed by atoms with van der Waals surface area (Å²) in [6, 6.07) is 6.30. The van der Waals surface area contributed by atoms with Crippen LogP contribution in [0.15, 0.2) is 29.2 Å². The van der Waals surface area contributed by atoms with E-state index >= 15 is 0 Å². The van der Waals surface area contributed by atoms with E-state index in [2.05, 4.69) is 9.64 Å². The number of methoxy groups -OCH3 is 1. The molecule has 0 amide bonds. The van der Waals surface area contributed by atoms with Crippen molar-refractivity contribution in [3.63, 3.8) is 0 Å². The van der Waals surface area contributed by atoms with Gasteiger partial charge in [-0.3, -0.25) is 4.90 Å². The Morgan fingerprint density at radius 2 is 1.92 bits per heavy atom. The van der Waals surface area contributed by atoms with E-state index in [1.807, 2.05) is 6.92 Å². The zero-order valence-electron chi connectivity index (χ0n) is 14.1. The van der Waals surface area contributed by atoms with Gasteiger partial charge in [-0.05, 0) is 57.5 Å². The number of esters is 1. The third kappa shape index (κ3) is 3.08. The Morgan fingerprint density at radius 3 is 2.58 bits per heavy atom. The Kier molecular flexibility index (Phi) is 4.94. The Hall–Kier alpha value is -1.44. The molecule has 0 radical (unpaired) electrons. The van der Waals surface area contributed by atoms with Crippen LogP contribution in [0.1, 0.15) is 36.5 Å². The molecule has 1 aromatic rings. The first-order valence-electron chi connectivity index (χ1n) is 8.39. The van der Waals surface area contributed by atoms with E-state index in [0.29, 0.717) is 6.54 Å². The molecule has 0 spiro atoms. The third-order valence-electron chi connectivity index (χ3n) is 5.13. The molecule has 2 saturated heterocycles. The summed E-state index contributed by atoms with van der Waals surface area (Å²) in [5.41, 5.74) is 0.251. The topological polar surface area (TPSA) is 66.9 Å². The lowest BCUT2D eigenvalue weighted by molar-refractivity contribution is 0.0600. The number of hydrogen-bond acceptors (Lipinski definition) is 5. The van der Waals surface area contributed by atoms with Gasteiger partial charge in [0.2, 0.25) is 10.0 Å². The largest absolute Gasteiger partial charge is 0.465 e. The van der Waals surface area contributed by atoms with Crippen LogP contribution in [-0.2, 0) is 14.8 Å². The van der Waals surface area contributed by atoms with Crippen LogP contribution in [0.4, 0.5) is 0 Å². The summed E-state index contributed by atoms with van der Waals surface area (Å²) < 4.78 is 32.3. The summed E-state index contributed by atoms with van der Waals surface area (Å²) >= 11 is 0. The molecule has 132 valence electrons. The van der Waals surface area contributed by atoms with E-state index < -0.39 is 16.0 Å². The first kappa shape index (κ1) is 17.4. The average Bonchev–Trinajstić information content (AvgIpc) is 3.23. The molecule has 0 aliphatic carbocycles. The van der Waals surface area contributed by atoms with Crippen LogP contribution in [0.25, 0.3) is 0 Å². The second-order valence-corrected chi connectivity index (χ2v) is 8.37. The van der Waals surface area contributed by atoms with E-state index in [1.165, 1.54) is 32.1 Å². The van der Waals surface area contributed by atoms with Crippen molar-refractivity contribution in [3.8, 4) is 0 Å². The van der Waals surface area contributed by atoms with Gasteiger partial charge in [0.25, 0.3) is 0 Å². The molecule has 2 heterocycles. The Labute approximate surface area is 143 Å². The number of hydrogen-bond donors (Lipinski definition) is 0.